The number of carbonyl (C=O) groups excluding carboxylic acids is 1. The number of nitrogens with two attached hydrogens (primary N) is 1. The Balaban J connectivity index is 0.00000324. The van der Waals surface area contributed by atoms with E-state index in [0.29, 0.717) is 12.1 Å². The lowest BCUT2D eigenvalue weighted by Crippen LogP contribution is -2.29. The van der Waals surface area contributed by atoms with E-state index < -0.39 is 10.0 Å². The van der Waals surface area contributed by atoms with E-state index >= 15 is 0 Å². The maximum atomic E-state index is 11.8. The lowest BCUT2D eigenvalue weighted by molar-refractivity contribution is -0.115. The van der Waals surface area contributed by atoms with Crippen LogP contribution in [0.5, 0.6) is 0 Å². The summed E-state index contributed by atoms with van der Waals surface area (Å²) in [5, 5.41) is 2.60. The van der Waals surface area contributed by atoms with E-state index in [2.05, 4.69) is 10.0 Å². The molecule has 0 radical (unpaired) electrons. The molecule has 0 aliphatic heterocycles. The molecule has 0 saturated heterocycles. The van der Waals surface area contributed by atoms with Gasteiger partial charge in [-0.3, -0.25) is 4.79 Å². The van der Waals surface area contributed by atoms with E-state index in [1.165, 1.54) is 12.1 Å². The molecular weight excluding hydrogens is 290 g/mol. The summed E-state index contributed by atoms with van der Waals surface area (Å²) in [6.45, 7) is 2.12. The number of hydrogen-bond donors (Lipinski definition) is 3. The van der Waals surface area contributed by atoms with E-state index in [-0.39, 0.29) is 36.3 Å². The normalized spacial score (nSPS) is 10.6. The minimum atomic E-state index is -3.57. The van der Waals surface area contributed by atoms with Crippen molar-refractivity contribution in [1.29, 1.82) is 0 Å². The Morgan fingerprint density at radius 2 is 2.05 bits per heavy atom. The Bertz CT molecular complexity index is 520. The smallest absolute Gasteiger partial charge is 0.240 e. The fourth-order valence-corrected chi connectivity index (χ4v) is 2.36. The highest BCUT2D eigenvalue weighted by Gasteiger charge is 2.13. The lowest BCUT2D eigenvalue weighted by atomic mass is 10.3. The van der Waals surface area contributed by atoms with Crippen molar-refractivity contribution in [3.05, 3.63) is 24.3 Å². The van der Waals surface area contributed by atoms with Gasteiger partial charge in [0, 0.05) is 25.2 Å². The number of sulfonamides is 1. The molecule has 1 amide bonds. The molecule has 0 bridgehead atoms. The average Bonchev–Trinajstić information content (AvgIpc) is 2.36. The highest BCUT2D eigenvalue weighted by Crippen LogP contribution is 2.15. The van der Waals surface area contributed by atoms with Crippen LogP contribution in [0.15, 0.2) is 29.2 Å². The highest BCUT2D eigenvalue weighted by molar-refractivity contribution is 7.89. The summed E-state index contributed by atoms with van der Waals surface area (Å²) in [5.74, 6) is -0.167. The SMILES string of the molecule is CCC(=O)Nc1cccc(S(=O)(=O)NCCN)c1.Cl. The molecule has 108 valence electrons. The third kappa shape index (κ3) is 5.56. The summed E-state index contributed by atoms with van der Waals surface area (Å²) in [6.07, 6.45) is 0.336. The summed E-state index contributed by atoms with van der Waals surface area (Å²) < 4.78 is 26.0. The molecule has 0 fully saturated rings. The topological polar surface area (TPSA) is 101 Å². The van der Waals surface area contributed by atoms with Crippen molar-refractivity contribution < 1.29 is 13.2 Å². The Morgan fingerprint density at radius 1 is 1.37 bits per heavy atom. The number of anilines is 1. The number of halogens is 1. The quantitative estimate of drug-likeness (QED) is 0.720. The van der Waals surface area contributed by atoms with Crippen LogP contribution in [0.3, 0.4) is 0 Å². The summed E-state index contributed by atoms with van der Waals surface area (Å²) in [4.78, 5) is 11.3. The maximum Gasteiger partial charge on any atom is 0.240 e. The third-order valence-corrected chi connectivity index (χ3v) is 3.64. The van der Waals surface area contributed by atoms with Gasteiger partial charge in [0.2, 0.25) is 15.9 Å². The molecule has 0 heterocycles. The van der Waals surface area contributed by atoms with Gasteiger partial charge in [-0.25, -0.2) is 13.1 Å². The zero-order valence-corrected chi connectivity index (χ0v) is 12.2. The molecule has 1 aromatic rings. The minimum Gasteiger partial charge on any atom is -0.329 e. The van der Waals surface area contributed by atoms with E-state index in [4.69, 9.17) is 5.73 Å². The standard InChI is InChI=1S/C11H17N3O3S.ClH/c1-2-11(15)14-9-4-3-5-10(8-9)18(16,17)13-7-6-12;/h3-5,8,13H,2,6-7,12H2,1H3,(H,14,15);1H. The number of amides is 1. The van der Waals surface area contributed by atoms with Crippen molar-refractivity contribution in [2.45, 2.75) is 18.2 Å². The number of hydrogen-bond acceptors (Lipinski definition) is 4. The first-order valence-electron chi connectivity index (χ1n) is 5.59. The fourth-order valence-electron chi connectivity index (χ4n) is 1.27. The molecule has 4 N–H and O–H groups in total. The maximum absolute atomic E-state index is 11.8. The molecule has 0 aromatic heterocycles. The first kappa shape index (κ1) is 17.8. The van der Waals surface area contributed by atoms with Gasteiger partial charge in [-0.1, -0.05) is 13.0 Å². The van der Waals surface area contributed by atoms with Gasteiger partial charge in [0.15, 0.2) is 0 Å². The van der Waals surface area contributed by atoms with Gasteiger partial charge in [0.05, 0.1) is 4.90 Å². The molecule has 0 spiro atoms. The van der Waals surface area contributed by atoms with Crippen molar-refractivity contribution in [1.82, 2.24) is 4.72 Å². The van der Waals surface area contributed by atoms with Crippen LogP contribution in [0, 0.1) is 0 Å². The minimum absolute atomic E-state index is 0. The Morgan fingerprint density at radius 3 is 2.63 bits per heavy atom. The van der Waals surface area contributed by atoms with Crippen LogP contribution >= 0.6 is 12.4 Å². The van der Waals surface area contributed by atoms with Crippen molar-refractivity contribution in [3.8, 4) is 0 Å². The predicted molar refractivity (Wildman–Crippen MR) is 76.9 cm³/mol. The molecule has 0 unspecified atom stereocenters. The Labute approximate surface area is 119 Å². The molecule has 8 heteroatoms. The number of carbonyl (C=O) groups is 1. The molecule has 0 saturated carbocycles. The van der Waals surface area contributed by atoms with Crippen LogP contribution in [0.2, 0.25) is 0 Å². The molecule has 1 rings (SSSR count). The van der Waals surface area contributed by atoms with E-state index in [1.807, 2.05) is 0 Å². The van der Waals surface area contributed by atoms with Crippen LogP contribution in [-0.2, 0) is 14.8 Å². The third-order valence-electron chi connectivity index (χ3n) is 2.19. The second-order valence-electron chi connectivity index (χ2n) is 3.62. The Hall–Kier alpha value is -1.15. The van der Waals surface area contributed by atoms with Crippen molar-refractivity contribution in [3.63, 3.8) is 0 Å². The molecule has 6 nitrogen and oxygen atoms in total. The summed E-state index contributed by atoms with van der Waals surface area (Å²) >= 11 is 0. The van der Waals surface area contributed by atoms with Gasteiger partial charge in [-0.15, -0.1) is 12.4 Å². The largest absolute Gasteiger partial charge is 0.329 e. The summed E-state index contributed by atoms with van der Waals surface area (Å²) in [6, 6.07) is 6.07. The van der Waals surface area contributed by atoms with Crippen LogP contribution in [-0.4, -0.2) is 27.4 Å². The van der Waals surface area contributed by atoms with Crippen LogP contribution in [0.4, 0.5) is 5.69 Å². The van der Waals surface area contributed by atoms with E-state index in [0.717, 1.165) is 0 Å². The molecule has 19 heavy (non-hydrogen) atoms. The van der Waals surface area contributed by atoms with E-state index in [9.17, 15) is 13.2 Å². The zero-order chi connectivity index (χ0) is 13.6. The zero-order valence-electron chi connectivity index (χ0n) is 10.5. The fraction of sp³-hybridized carbons (Fsp3) is 0.364. The second kappa shape index (κ2) is 8.11. The van der Waals surface area contributed by atoms with Gasteiger partial charge in [-0.2, -0.15) is 0 Å². The first-order chi connectivity index (χ1) is 8.49. The van der Waals surface area contributed by atoms with Gasteiger partial charge in [-0.05, 0) is 18.2 Å². The van der Waals surface area contributed by atoms with Gasteiger partial charge >= 0.3 is 0 Å². The lowest BCUT2D eigenvalue weighted by Gasteiger charge is -2.08. The molecular formula is C11H18ClN3O3S. The van der Waals surface area contributed by atoms with Gasteiger partial charge in [0.25, 0.3) is 0 Å². The average molecular weight is 308 g/mol. The van der Waals surface area contributed by atoms with Crippen LogP contribution < -0.4 is 15.8 Å². The predicted octanol–water partition coefficient (Wildman–Crippen LogP) is 0.694. The summed E-state index contributed by atoms with van der Waals surface area (Å²) in [7, 11) is -3.57. The van der Waals surface area contributed by atoms with Crippen molar-refractivity contribution in [2.75, 3.05) is 18.4 Å². The molecule has 0 aliphatic rings. The number of rotatable bonds is 6. The molecule has 0 aliphatic carbocycles. The van der Waals surface area contributed by atoms with Gasteiger partial charge < -0.3 is 11.1 Å². The molecule has 0 atom stereocenters. The summed E-state index contributed by atoms with van der Waals surface area (Å²) in [5.41, 5.74) is 5.70. The monoisotopic (exact) mass is 307 g/mol. The van der Waals surface area contributed by atoms with Crippen molar-refractivity contribution >= 4 is 34.0 Å². The number of nitrogens with one attached hydrogen (secondary N) is 2. The van der Waals surface area contributed by atoms with Crippen LogP contribution in [0.25, 0.3) is 0 Å². The Kier molecular flexibility index (Phi) is 7.62. The first-order valence-corrected chi connectivity index (χ1v) is 7.07. The molecule has 1 aromatic carbocycles. The van der Waals surface area contributed by atoms with Crippen LogP contribution in [0.1, 0.15) is 13.3 Å². The van der Waals surface area contributed by atoms with Gasteiger partial charge in [0.1, 0.15) is 0 Å². The van der Waals surface area contributed by atoms with Crippen molar-refractivity contribution in [2.24, 2.45) is 5.73 Å². The highest BCUT2D eigenvalue weighted by atomic mass is 35.5. The van der Waals surface area contributed by atoms with E-state index in [1.54, 1.807) is 19.1 Å². The number of benzene rings is 1. The second-order valence-corrected chi connectivity index (χ2v) is 5.38.